The van der Waals surface area contributed by atoms with Crippen LogP contribution in [-0.2, 0) is 16.6 Å². The van der Waals surface area contributed by atoms with Gasteiger partial charge in [-0.15, -0.1) is 0 Å². The minimum atomic E-state index is -0.395. The Bertz CT molecular complexity index is 455. The lowest BCUT2D eigenvalue weighted by Crippen LogP contribution is -2.30. The Balaban J connectivity index is 2.03. The van der Waals surface area contributed by atoms with Crippen molar-refractivity contribution in [2.75, 3.05) is 11.9 Å². The first kappa shape index (κ1) is 13.0. The van der Waals surface area contributed by atoms with Gasteiger partial charge >= 0.3 is 0 Å². The highest BCUT2D eigenvalue weighted by atomic mass is 16.5. The number of aromatic nitrogens is 2. The Morgan fingerprint density at radius 2 is 2.28 bits per heavy atom. The number of carbonyl (C=O) groups is 1. The Labute approximate surface area is 106 Å². The maximum atomic E-state index is 12.1. The average Bonchev–Trinajstić information content (AvgIpc) is 2.90. The smallest absolute Gasteiger partial charge is 0.254 e. The highest BCUT2D eigenvalue weighted by Crippen LogP contribution is 2.22. The summed E-state index contributed by atoms with van der Waals surface area (Å²) in [4.78, 5) is 12.1. The molecule has 100 valence electrons. The molecule has 2 heterocycles. The largest absolute Gasteiger partial charge is 0.364 e. The van der Waals surface area contributed by atoms with Crippen LogP contribution in [-0.4, -0.2) is 34.4 Å². The molecule has 6 nitrogen and oxygen atoms in total. The van der Waals surface area contributed by atoms with E-state index in [1.54, 1.807) is 4.68 Å². The molecule has 0 aliphatic carbocycles. The van der Waals surface area contributed by atoms with Crippen molar-refractivity contribution in [1.82, 2.24) is 9.78 Å². The lowest BCUT2D eigenvalue weighted by atomic mass is 10.2. The normalized spacial score (nSPS) is 23.3. The quantitative estimate of drug-likeness (QED) is 0.820. The molecule has 1 saturated heterocycles. The number of rotatable bonds is 3. The van der Waals surface area contributed by atoms with Crippen molar-refractivity contribution in [2.24, 2.45) is 12.8 Å². The molecule has 3 N–H and O–H groups in total. The lowest BCUT2D eigenvalue weighted by Gasteiger charge is -2.13. The molecule has 1 aromatic rings. The van der Waals surface area contributed by atoms with Crippen LogP contribution in [0.3, 0.4) is 0 Å². The van der Waals surface area contributed by atoms with Gasteiger partial charge in [-0.05, 0) is 26.7 Å². The summed E-state index contributed by atoms with van der Waals surface area (Å²) in [5, 5.41) is 7.14. The van der Waals surface area contributed by atoms with Crippen molar-refractivity contribution >= 4 is 11.7 Å². The summed E-state index contributed by atoms with van der Waals surface area (Å²) < 4.78 is 7.24. The molecule has 0 radical (unpaired) electrons. The monoisotopic (exact) mass is 252 g/mol. The summed E-state index contributed by atoms with van der Waals surface area (Å²) in [6, 6.07) is 0. The first-order chi connectivity index (χ1) is 8.52. The van der Waals surface area contributed by atoms with Crippen molar-refractivity contribution in [2.45, 2.75) is 38.9 Å². The second kappa shape index (κ2) is 5.07. The molecule has 0 saturated carbocycles. The number of carbonyl (C=O) groups excluding carboxylic acids is 1. The summed E-state index contributed by atoms with van der Waals surface area (Å²) in [5.74, 6) is 0.620. The van der Waals surface area contributed by atoms with Gasteiger partial charge in [0.15, 0.2) is 0 Å². The van der Waals surface area contributed by atoms with Crippen LogP contribution < -0.4 is 11.1 Å². The summed E-state index contributed by atoms with van der Waals surface area (Å²) in [6.07, 6.45) is 1.19. The van der Waals surface area contributed by atoms with E-state index >= 15 is 0 Å². The topological polar surface area (TPSA) is 82.2 Å². The van der Waals surface area contributed by atoms with Gasteiger partial charge in [0.05, 0.1) is 11.8 Å². The lowest BCUT2D eigenvalue weighted by molar-refractivity contribution is -0.126. The molecule has 6 heteroatoms. The van der Waals surface area contributed by atoms with Crippen LogP contribution in [0.5, 0.6) is 0 Å². The fraction of sp³-hybridized carbons (Fsp3) is 0.667. The Kier molecular flexibility index (Phi) is 3.68. The zero-order valence-corrected chi connectivity index (χ0v) is 11.1. The fourth-order valence-corrected chi connectivity index (χ4v) is 2.21. The molecule has 1 aliphatic rings. The maximum absolute atomic E-state index is 12.1. The van der Waals surface area contributed by atoms with Crippen LogP contribution in [0.15, 0.2) is 0 Å². The van der Waals surface area contributed by atoms with Gasteiger partial charge in [0.25, 0.3) is 5.91 Å². The number of hydrogen-bond acceptors (Lipinski definition) is 4. The van der Waals surface area contributed by atoms with Gasteiger partial charge in [-0.2, -0.15) is 5.10 Å². The average molecular weight is 252 g/mol. The standard InChI is InChI=1S/C12H20N4O2/c1-7-8(2)15-16(3)11(7)14-12(17)10-5-4-9(6-13)18-10/h9-10H,4-6,13H2,1-3H3,(H,14,17)/t9-,10+/m1/s1. The summed E-state index contributed by atoms with van der Waals surface area (Å²) in [6.45, 7) is 4.32. The Morgan fingerprint density at radius 3 is 2.78 bits per heavy atom. The van der Waals surface area contributed by atoms with E-state index in [1.165, 1.54) is 0 Å². The van der Waals surface area contributed by atoms with Crippen molar-refractivity contribution < 1.29 is 9.53 Å². The predicted molar refractivity (Wildman–Crippen MR) is 68.3 cm³/mol. The van der Waals surface area contributed by atoms with Gasteiger partial charge in [-0.3, -0.25) is 9.48 Å². The fourth-order valence-electron chi connectivity index (χ4n) is 2.21. The predicted octanol–water partition coefficient (Wildman–Crippen LogP) is 0.482. The van der Waals surface area contributed by atoms with E-state index in [0.717, 1.165) is 29.9 Å². The summed E-state index contributed by atoms with van der Waals surface area (Å²) >= 11 is 0. The van der Waals surface area contributed by atoms with Gasteiger partial charge < -0.3 is 15.8 Å². The van der Waals surface area contributed by atoms with Crippen molar-refractivity contribution in [3.63, 3.8) is 0 Å². The van der Waals surface area contributed by atoms with Crippen LogP contribution >= 0.6 is 0 Å². The van der Waals surface area contributed by atoms with Gasteiger partial charge in [-0.25, -0.2) is 0 Å². The van der Waals surface area contributed by atoms with E-state index in [-0.39, 0.29) is 12.0 Å². The number of ether oxygens (including phenoxy) is 1. The molecule has 2 atom stereocenters. The molecular formula is C12H20N4O2. The van der Waals surface area contributed by atoms with Crippen LogP contribution in [0, 0.1) is 13.8 Å². The van der Waals surface area contributed by atoms with E-state index in [4.69, 9.17) is 10.5 Å². The van der Waals surface area contributed by atoms with Gasteiger partial charge in [0.2, 0.25) is 0 Å². The van der Waals surface area contributed by atoms with Crippen LogP contribution in [0.2, 0.25) is 0 Å². The van der Waals surface area contributed by atoms with Crippen molar-refractivity contribution in [3.8, 4) is 0 Å². The SMILES string of the molecule is Cc1nn(C)c(NC(=O)[C@@H]2CC[C@H](CN)O2)c1C. The van der Waals surface area contributed by atoms with E-state index in [1.807, 2.05) is 20.9 Å². The third-order valence-electron chi connectivity index (χ3n) is 3.43. The second-order valence-corrected chi connectivity index (χ2v) is 4.73. The van der Waals surface area contributed by atoms with Gasteiger partial charge in [0, 0.05) is 19.2 Å². The zero-order chi connectivity index (χ0) is 13.3. The van der Waals surface area contributed by atoms with Gasteiger partial charge in [-0.1, -0.05) is 0 Å². The highest BCUT2D eigenvalue weighted by Gasteiger charge is 2.30. The molecule has 0 unspecified atom stereocenters. The zero-order valence-electron chi connectivity index (χ0n) is 11.1. The number of aryl methyl sites for hydroxylation is 2. The molecular weight excluding hydrogens is 232 g/mol. The molecule has 1 amide bonds. The highest BCUT2D eigenvalue weighted by molar-refractivity contribution is 5.94. The minimum Gasteiger partial charge on any atom is -0.364 e. The number of anilines is 1. The number of hydrogen-bond donors (Lipinski definition) is 2. The van der Waals surface area contributed by atoms with E-state index in [9.17, 15) is 4.79 Å². The van der Waals surface area contributed by atoms with Crippen LogP contribution in [0.1, 0.15) is 24.1 Å². The molecule has 1 aliphatic heterocycles. The van der Waals surface area contributed by atoms with Crippen LogP contribution in [0.25, 0.3) is 0 Å². The van der Waals surface area contributed by atoms with E-state index in [0.29, 0.717) is 6.54 Å². The molecule has 18 heavy (non-hydrogen) atoms. The first-order valence-electron chi connectivity index (χ1n) is 6.19. The van der Waals surface area contributed by atoms with Crippen molar-refractivity contribution in [1.29, 1.82) is 0 Å². The molecule has 2 rings (SSSR count). The van der Waals surface area contributed by atoms with E-state index < -0.39 is 6.10 Å². The number of amides is 1. The minimum absolute atomic E-state index is 0.00937. The summed E-state index contributed by atoms with van der Waals surface area (Å²) in [7, 11) is 1.81. The third-order valence-corrected chi connectivity index (χ3v) is 3.43. The number of nitrogens with one attached hydrogen (secondary N) is 1. The molecule has 0 spiro atoms. The van der Waals surface area contributed by atoms with Gasteiger partial charge in [0.1, 0.15) is 11.9 Å². The second-order valence-electron chi connectivity index (χ2n) is 4.73. The van der Waals surface area contributed by atoms with E-state index in [2.05, 4.69) is 10.4 Å². The number of nitrogens with two attached hydrogens (primary N) is 1. The Morgan fingerprint density at radius 1 is 1.56 bits per heavy atom. The molecule has 1 fully saturated rings. The molecule has 0 bridgehead atoms. The third kappa shape index (κ3) is 2.39. The first-order valence-corrected chi connectivity index (χ1v) is 6.19. The van der Waals surface area contributed by atoms with Crippen molar-refractivity contribution in [3.05, 3.63) is 11.3 Å². The molecule has 0 aromatic carbocycles. The van der Waals surface area contributed by atoms with Crippen LogP contribution in [0.4, 0.5) is 5.82 Å². The molecule has 1 aromatic heterocycles. The Hall–Kier alpha value is -1.40. The summed E-state index contributed by atoms with van der Waals surface area (Å²) in [5.41, 5.74) is 7.43. The maximum Gasteiger partial charge on any atom is 0.254 e. The number of nitrogens with zero attached hydrogens (tertiary/aromatic N) is 2.